The number of hydrogen-bond acceptors (Lipinski definition) is 14. The number of rotatable bonds is 24. The summed E-state index contributed by atoms with van der Waals surface area (Å²) in [4.78, 5) is 143. The van der Waals surface area contributed by atoms with E-state index < -0.39 is 144 Å². The number of nitrogens with zero attached hydrogens (tertiary/aromatic N) is 2. The second kappa shape index (κ2) is 31.7. The molecule has 3 fully saturated rings. The minimum Gasteiger partial charge on any atom is -0.458 e. The summed E-state index contributed by atoms with van der Waals surface area (Å²) < 4.78 is 5.86. The zero-order valence-corrected chi connectivity index (χ0v) is 48.5. The maximum Gasteiger partial charge on any atom is 0.329 e. The average Bonchev–Trinajstić information content (AvgIpc) is 4.10. The second-order valence-corrected chi connectivity index (χ2v) is 23.4. The summed E-state index contributed by atoms with van der Waals surface area (Å²) in [6.45, 7) is 16.7. The zero-order valence-electron chi connectivity index (χ0n) is 48.5. The quantitative estimate of drug-likeness (QED) is 0.0502. The van der Waals surface area contributed by atoms with Crippen molar-refractivity contribution in [1.29, 1.82) is 0 Å². The number of unbranched alkanes of at least 4 members (excludes halogenated alkanes) is 1. The van der Waals surface area contributed by atoms with Crippen molar-refractivity contribution in [2.75, 3.05) is 19.7 Å². The highest BCUT2D eigenvalue weighted by molar-refractivity contribution is 5.99. The number of nitrogens with one attached hydrogen (secondary N) is 7. The van der Waals surface area contributed by atoms with Crippen LogP contribution in [0.4, 0.5) is 0 Å². The number of esters is 1. The largest absolute Gasteiger partial charge is 0.458 e. The van der Waals surface area contributed by atoms with Crippen molar-refractivity contribution in [3.05, 3.63) is 35.9 Å². The lowest BCUT2D eigenvalue weighted by atomic mass is 9.99. The molecule has 4 rings (SSSR count). The predicted molar refractivity (Wildman–Crippen MR) is 295 cm³/mol. The first kappa shape index (κ1) is 66.3. The maximum atomic E-state index is 14.6. The molecule has 23 nitrogen and oxygen atoms in total. The fraction of sp³-hybridized carbons (Fsp3) is 0.719. The summed E-state index contributed by atoms with van der Waals surface area (Å²) in [5, 5.41) is 49.3. The van der Waals surface area contributed by atoms with Crippen LogP contribution in [0.2, 0.25) is 0 Å². The third-order valence-electron chi connectivity index (χ3n) is 14.9. The molecule has 0 saturated carbocycles. The number of amides is 9. The van der Waals surface area contributed by atoms with Gasteiger partial charge in [-0.2, -0.15) is 0 Å². The van der Waals surface area contributed by atoms with E-state index in [4.69, 9.17) is 4.74 Å². The monoisotopic (exact) mass is 1130 g/mol. The number of carbonyl (C=O) groups is 10. The molecule has 3 heterocycles. The van der Waals surface area contributed by atoms with E-state index in [1.807, 2.05) is 41.5 Å². The number of likely N-dealkylation sites (tertiary alicyclic amines) is 1. The van der Waals surface area contributed by atoms with E-state index in [2.05, 4.69) is 37.2 Å². The highest BCUT2D eigenvalue weighted by atomic mass is 16.5. The summed E-state index contributed by atoms with van der Waals surface area (Å²) in [7, 11) is 0. The number of benzene rings is 1. The van der Waals surface area contributed by atoms with Gasteiger partial charge in [0.25, 0.3) is 0 Å². The van der Waals surface area contributed by atoms with Crippen LogP contribution in [0.25, 0.3) is 0 Å². The first-order valence-electron chi connectivity index (χ1n) is 28.7. The van der Waals surface area contributed by atoms with Crippen LogP contribution in [0, 0.1) is 23.7 Å². The first-order chi connectivity index (χ1) is 37.7. The zero-order chi connectivity index (χ0) is 59.5. The lowest BCUT2D eigenvalue weighted by Gasteiger charge is -2.33. The van der Waals surface area contributed by atoms with E-state index in [0.717, 1.165) is 0 Å². The van der Waals surface area contributed by atoms with Crippen LogP contribution in [0.1, 0.15) is 145 Å². The van der Waals surface area contributed by atoms with Crippen LogP contribution >= 0.6 is 0 Å². The van der Waals surface area contributed by atoms with Crippen molar-refractivity contribution in [3.8, 4) is 0 Å². The molecule has 10 N–H and O–H groups in total. The topological polar surface area (TPSA) is 331 Å². The number of hydrogen-bond donors (Lipinski definition) is 10. The van der Waals surface area contributed by atoms with Crippen LogP contribution in [0.3, 0.4) is 0 Å². The van der Waals surface area contributed by atoms with Crippen LogP contribution in [0.5, 0.6) is 0 Å². The minimum atomic E-state index is -1.69. The van der Waals surface area contributed by atoms with Gasteiger partial charge in [-0.15, -0.1) is 0 Å². The number of aliphatic hydroxyl groups is 3. The van der Waals surface area contributed by atoms with E-state index in [1.165, 1.54) is 23.6 Å². The van der Waals surface area contributed by atoms with E-state index in [-0.39, 0.29) is 75.8 Å². The van der Waals surface area contributed by atoms with Crippen LogP contribution in [-0.2, 0) is 59.1 Å². The Balaban J connectivity index is 1.54. The number of cyclic esters (lactones) is 1. The maximum absolute atomic E-state index is 14.6. The van der Waals surface area contributed by atoms with Crippen molar-refractivity contribution < 1.29 is 68.0 Å². The molecular weight excluding hydrogens is 1030 g/mol. The summed E-state index contributed by atoms with van der Waals surface area (Å²) in [5.74, 6) is -8.16. The fourth-order valence-electron chi connectivity index (χ4n) is 10.2. The van der Waals surface area contributed by atoms with Gasteiger partial charge in [0.15, 0.2) is 0 Å². The molecular formula is C57H91N9O14. The third-order valence-corrected chi connectivity index (χ3v) is 14.9. The molecule has 3 aliphatic heterocycles. The Labute approximate surface area is 471 Å². The molecule has 23 heteroatoms. The molecule has 0 aliphatic carbocycles. The van der Waals surface area contributed by atoms with E-state index in [0.29, 0.717) is 37.7 Å². The van der Waals surface area contributed by atoms with Crippen molar-refractivity contribution in [1.82, 2.24) is 47.0 Å². The molecule has 1 aromatic rings. The fourth-order valence-corrected chi connectivity index (χ4v) is 10.2. The van der Waals surface area contributed by atoms with Gasteiger partial charge in [0, 0.05) is 19.5 Å². The van der Waals surface area contributed by atoms with Gasteiger partial charge in [-0.3, -0.25) is 43.2 Å². The molecule has 12 unspecified atom stereocenters. The average molecular weight is 1130 g/mol. The molecule has 448 valence electrons. The van der Waals surface area contributed by atoms with Gasteiger partial charge < -0.3 is 67.1 Å². The SMILES string of the molecule is CC(C)CC1NC(=O)C2CCCN2C(=O)C(Cc2ccccc2)NC(=O)C(NC(=O)C(C)NC(=O)C2CCCN2C(=O)C(CC(C)C)NC(=O)C(CO)NC(=O)CC(O)CCCCC(O)C(C)C)C(C)OC(=O)C(C(C)C)NC1=O. The number of carbonyl (C=O) groups excluding carboxylic acids is 10. The molecule has 12 atom stereocenters. The van der Waals surface area contributed by atoms with Crippen molar-refractivity contribution in [3.63, 3.8) is 0 Å². The summed E-state index contributed by atoms with van der Waals surface area (Å²) >= 11 is 0. The van der Waals surface area contributed by atoms with Crippen LogP contribution in [0.15, 0.2) is 30.3 Å². The minimum absolute atomic E-state index is 0.0276. The predicted octanol–water partition coefficient (Wildman–Crippen LogP) is 0.639. The number of ether oxygens (including phenoxy) is 1. The molecule has 1 aromatic carbocycles. The van der Waals surface area contributed by atoms with Crippen molar-refractivity contribution in [2.24, 2.45) is 23.7 Å². The highest BCUT2D eigenvalue weighted by Crippen LogP contribution is 2.24. The van der Waals surface area contributed by atoms with Gasteiger partial charge >= 0.3 is 5.97 Å². The van der Waals surface area contributed by atoms with Crippen LogP contribution in [-0.4, -0.2) is 177 Å². The Kier molecular flexibility index (Phi) is 26.3. The molecule has 0 spiro atoms. The van der Waals surface area contributed by atoms with Crippen molar-refractivity contribution >= 4 is 59.1 Å². The summed E-state index contributed by atoms with van der Waals surface area (Å²) in [6.07, 6.45) is 0.381. The number of aliphatic hydroxyl groups excluding tert-OH is 3. The normalized spacial score (nSPS) is 24.3. The lowest BCUT2D eigenvalue weighted by molar-refractivity contribution is -0.157. The Morgan fingerprint density at radius 2 is 1.39 bits per heavy atom. The van der Waals surface area contributed by atoms with Gasteiger partial charge in [-0.25, -0.2) is 4.79 Å². The Morgan fingerprint density at radius 3 is 2.01 bits per heavy atom. The van der Waals surface area contributed by atoms with E-state index >= 15 is 0 Å². The van der Waals surface area contributed by atoms with E-state index in [1.54, 1.807) is 44.2 Å². The van der Waals surface area contributed by atoms with E-state index in [9.17, 15) is 63.3 Å². The van der Waals surface area contributed by atoms with Crippen molar-refractivity contribution in [2.45, 2.75) is 219 Å². The summed E-state index contributed by atoms with van der Waals surface area (Å²) in [5.41, 5.74) is 0.663. The number of fused-ring (bicyclic) bond motifs is 1. The van der Waals surface area contributed by atoms with Gasteiger partial charge in [0.1, 0.15) is 60.5 Å². The Bertz CT molecular complexity index is 2280. The molecule has 0 radical (unpaired) electrons. The standard InChI is InChI=1S/C57H91N9O14/c1-31(2)26-39-50(72)63-47(34(7)8)57(79)80-36(10)48(54(76)62-41(28-37-18-12-11-13-19-37)56(78)66-25-17-22-44(66)53(75)60-39)64-49(71)35(9)58-52(74)43-21-16-24-65(43)55(77)40(27-32(3)4)61-51(73)42(30-67)59-46(70)29-38(68)20-14-15-23-45(69)33(5)6/h11-13,18-19,31-36,38-45,47-48,67-69H,14-17,20-30H2,1-10H3,(H,58,74)(H,59,70)(H,60,75)(H,61,73)(H,62,76)(H,63,72)(H,64,71). The molecule has 9 amide bonds. The third kappa shape index (κ3) is 19.8. The van der Waals surface area contributed by atoms with Crippen LogP contribution < -0.4 is 37.2 Å². The first-order valence-corrected chi connectivity index (χ1v) is 28.7. The van der Waals surface area contributed by atoms with Gasteiger partial charge in [0.05, 0.1) is 25.2 Å². The highest BCUT2D eigenvalue weighted by Gasteiger charge is 2.44. The molecule has 3 saturated heterocycles. The lowest BCUT2D eigenvalue weighted by Crippen LogP contribution is -2.63. The smallest absolute Gasteiger partial charge is 0.329 e. The molecule has 3 aliphatic rings. The van der Waals surface area contributed by atoms with Gasteiger partial charge in [-0.1, -0.05) is 98.6 Å². The Hall–Kier alpha value is -6.20. The van der Waals surface area contributed by atoms with Gasteiger partial charge in [0.2, 0.25) is 53.2 Å². The Morgan fingerprint density at radius 1 is 0.738 bits per heavy atom. The van der Waals surface area contributed by atoms with Gasteiger partial charge in [-0.05, 0) is 94.4 Å². The molecule has 0 aromatic heterocycles. The second-order valence-electron chi connectivity index (χ2n) is 23.4. The molecule has 80 heavy (non-hydrogen) atoms. The molecule has 0 bridgehead atoms. The summed E-state index contributed by atoms with van der Waals surface area (Å²) in [6, 6.07) is -2.62.